The number of carbonyl (C=O) groups excluding carboxylic acids is 1. The molecule has 0 aromatic heterocycles. The van der Waals surface area contributed by atoms with E-state index >= 15 is 0 Å². The third-order valence-electron chi connectivity index (χ3n) is 6.39. The van der Waals surface area contributed by atoms with Crippen LogP contribution in [0.2, 0.25) is 0 Å². The molecule has 2 saturated carbocycles. The number of hydrogen-bond acceptors (Lipinski definition) is 3. The minimum absolute atomic E-state index is 0.150. The average Bonchev–Trinajstić information content (AvgIpc) is 3.36. The van der Waals surface area contributed by atoms with Crippen LogP contribution < -0.4 is 9.47 Å². The quantitative estimate of drug-likeness (QED) is 0.843. The minimum atomic E-state index is 0.150. The molecule has 1 aromatic rings. The number of benzene rings is 1. The van der Waals surface area contributed by atoms with E-state index < -0.39 is 0 Å². The molecule has 3 fully saturated rings. The van der Waals surface area contributed by atoms with Crippen LogP contribution in [0.3, 0.4) is 0 Å². The molecule has 4 heteroatoms. The largest absolute Gasteiger partial charge is 0.497 e. The fourth-order valence-electron chi connectivity index (χ4n) is 5.21. The topological polar surface area (TPSA) is 38.8 Å². The van der Waals surface area contributed by atoms with Crippen molar-refractivity contribution < 1.29 is 14.3 Å². The lowest BCUT2D eigenvalue weighted by Gasteiger charge is -2.31. The van der Waals surface area contributed by atoms with Gasteiger partial charge in [0.25, 0.3) is 0 Å². The predicted octanol–water partition coefficient (Wildman–Crippen LogP) is 3.80. The number of ether oxygens (including phenoxy) is 2. The van der Waals surface area contributed by atoms with Gasteiger partial charge in [-0.2, -0.15) is 0 Å². The van der Waals surface area contributed by atoms with Crippen LogP contribution in [0.4, 0.5) is 0 Å². The Morgan fingerprint density at radius 2 is 2.00 bits per heavy atom. The van der Waals surface area contributed by atoms with Crippen molar-refractivity contribution in [1.29, 1.82) is 0 Å². The lowest BCUT2D eigenvalue weighted by atomic mass is 9.87. The summed E-state index contributed by atoms with van der Waals surface area (Å²) in [6.45, 7) is 0.882. The second kappa shape index (κ2) is 6.30. The smallest absolute Gasteiger partial charge is 0.226 e. The van der Waals surface area contributed by atoms with E-state index in [0.717, 1.165) is 48.8 Å². The first-order valence-electron chi connectivity index (χ1n) is 9.23. The number of rotatable bonds is 4. The molecule has 130 valence electrons. The maximum absolute atomic E-state index is 13.2. The molecule has 4 nitrogen and oxygen atoms in total. The van der Waals surface area contributed by atoms with E-state index in [1.54, 1.807) is 14.2 Å². The van der Waals surface area contributed by atoms with Crippen molar-refractivity contribution in [1.82, 2.24) is 4.90 Å². The Bertz CT molecular complexity index is 629. The third kappa shape index (κ3) is 2.56. The molecule has 4 unspecified atom stereocenters. The summed E-state index contributed by atoms with van der Waals surface area (Å²) in [5.41, 5.74) is 1.12. The van der Waals surface area contributed by atoms with Crippen molar-refractivity contribution in [3.8, 4) is 11.5 Å². The van der Waals surface area contributed by atoms with Gasteiger partial charge in [0.15, 0.2) is 0 Å². The minimum Gasteiger partial charge on any atom is -0.497 e. The SMILES string of the molecule is COc1ccc(C2CCCN2C(=O)C2CC3CCC2C3)c(OC)c1. The number of carbonyl (C=O) groups is 1. The first-order chi connectivity index (χ1) is 11.7. The van der Waals surface area contributed by atoms with Crippen LogP contribution in [0.25, 0.3) is 0 Å². The van der Waals surface area contributed by atoms with Gasteiger partial charge in [0.1, 0.15) is 11.5 Å². The Labute approximate surface area is 144 Å². The van der Waals surface area contributed by atoms with E-state index in [0.29, 0.717) is 11.8 Å². The number of likely N-dealkylation sites (tertiary alicyclic amines) is 1. The van der Waals surface area contributed by atoms with Crippen molar-refractivity contribution in [3.05, 3.63) is 23.8 Å². The van der Waals surface area contributed by atoms with Crippen LogP contribution in [-0.4, -0.2) is 31.6 Å². The van der Waals surface area contributed by atoms with E-state index in [1.807, 2.05) is 12.1 Å². The summed E-state index contributed by atoms with van der Waals surface area (Å²) in [7, 11) is 3.35. The molecule has 1 amide bonds. The zero-order valence-corrected chi connectivity index (χ0v) is 14.7. The molecule has 4 rings (SSSR count). The normalized spacial score (nSPS) is 31.5. The highest BCUT2D eigenvalue weighted by molar-refractivity contribution is 5.80. The number of fused-ring (bicyclic) bond motifs is 2. The standard InChI is InChI=1S/C20H27NO3/c1-23-15-7-8-16(19(12-15)24-2)18-4-3-9-21(18)20(22)17-11-13-5-6-14(17)10-13/h7-8,12-14,17-18H,3-6,9-11H2,1-2H3. The van der Waals surface area contributed by atoms with Crippen LogP contribution in [-0.2, 0) is 4.79 Å². The Morgan fingerprint density at radius 1 is 1.12 bits per heavy atom. The van der Waals surface area contributed by atoms with E-state index in [9.17, 15) is 4.79 Å². The Hall–Kier alpha value is -1.71. The Morgan fingerprint density at radius 3 is 2.67 bits per heavy atom. The van der Waals surface area contributed by atoms with Gasteiger partial charge in [0.2, 0.25) is 5.91 Å². The van der Waals surface area contributed by atoms with Crippen LogP contribution in [0.1, 0.15) is 50.1 Å². The summed E-state index contributed by atoms with van der Waals surface area (Å²) in [5, 5.41) is 0. The molecule has 4 atom stereocenters. The van der Waals surface area contributed by atoms with Crippen LogP contribution >= 0.6 is 0 Å². The molecule has 1 saturated heterocycles. The van der Waals surface area contributed by atoms with Gasteiger partial charge in [-0.05, 0) is 56.1 Å². The van der Waals surface area contributed by atoms with E-state index in [4.69, 9.17) is 9.47 Å². The zero-order chi connectivity index (χ0) is 16.7. The number of nitrogens with zero attached hydrogens (tertiary/aromatic N) is 1. The summed E-state index contributed by atoms with van der Waals surface area (Å²) < 4.78 is 10.9. The van der Waals surface area contributed by atoms with Crippen molar-refractivity contribution in [2.75, 3.05) is 20.8 Å². The van der Waals surface area contributed by atoms with Gasteiger partial charge in [-0.25, -0.2) is 0 Å². The van der Waals surface area contributed by atoms with Crippen molar-refractivity contribution >= 4 is 5.91 Å². The molecule has 0 spiro atoms. The summed E-state index contributed by atoms with van der Waals surface area (Å²) >= 11 is 0. The fourth-order valence-corrected chi connectivity index (χ4v) is 5.21. The lowest BCUT2D eigenvalue weighted by molar-refractivity contribution is -0.138. The molecule has 1 aliphatic heterocycles. The Balaban J connectivity index is 1.58. The molecule has 0 N–H and O–H groups in total. The average molecular weight is 329 g/mol. The molecule has 24 heavy (non-hydrogen) atoms. The number of amides is 1. The van der Waals surface area contributed by atoms with Crippen molar-refractivity contribution in [2.24, 2.45) is 17.8 Å². The molecule has 1 heterocycles. The summed E-state index contributed by atoms with van der Waals surface area (Å²) in [5.74, 6) is 3.73. The molecule has 2 bridgehead atoms. The maximum atomic E-state index is 13.2. The molecule has 3 aliphatic rings. The van der Waals surface area contributed by atoms with Gasteiger partial charge in [0.05, 0.1) is 20.3 Å². The highest BCUT2D eigenvalue weighted by atomic mass is 16.5. The third-order valence-corrected chi connectivity index (χ3v) is 6.39. The summed E-state index contributed by atoms with van der Waals surface area (Å²) in [6.07, 6.45) is 7.09. The van der Waals surface area contributed by atoms with Gasteiger partial charge in [-0.1, -0.05) is 6.42 Å². The van der Waals surface area contributed by atoms with Crippen LogP contribution in [0, 0.1) is 17.8 Å². The molecular weight excluding hydrogens is 302 g/mol. The maximum Gasteiger partial charge on any atom is 0.226 e. The molecule has 1 aromatic carbocycles. The number of hydrogen-bond donors (Lipinski definition) is 0. The zero-order valence-electron chi connectivity index (χ0n) is 14.7. The summed E-state index contributed by atoms with van der Waals surface area (Å²) in [6, 6.07) is 6.11. The highest BCUT2D eigenvalue weighted by Gasteiger charge is 2.46. The van der Waals surface area contributed by atoms with Gasteiger partial charge < -0.3 is 14.4 Å². The van der Waals surface area contributed by atoms with Gasteiger partial charge >= 0.3 is 0 Å². The van der Waals surface area contributed by atoms with E-state index in [1.165, 1.54) is 19.3 Å². The van der Waals surface area contributed by atoms with Gasteiger partial charge in [0, 0.05) is 24.1 Å². The van der Waals surface area contributed by atoms with Gasteiger partial charge in [-0.15, -0.1) is 0 Å². The van der Waals surface area contributed by atoms with Crippen LogP contribution in [0.5, 0.6) is 11.5 Å². The van der Waals surface area contributed by atoms with Crippen LogP contribution in [0.15, 0.2) is 18.2 Å². The first-order valence-corrected chi connectivity index (χ1v) is 9.23. The highest BCUT2D eigenvalue weighted by Crippen LogP contribution is 2.50. The first kappa shape index (κ1) is 15.8. The molecule has 0 radical (unpaired) electrons. The van der Waals surface area contributed by atoms with Crippen molar-refractivity contribution in [3.63, 3.8) is 0 Å². The van der Waals surface area contributed by atoms with E-state index in [2.05, 4.69) is 11.0 Å². The van der Waals surface area contributed by atoms with Crippen molar-refractivity contribution in [2.45, 2.75) is 44.6 Å². The predicted molar refractivity (Wildman–Crippen MR) is 92.2 cm³/mol. The second-order valence-corrected chi connectivity index (χ2v) is 7.58. The number of methoxy groups -OCH3 is 2. The fraction of sp³-hybridized carbons (Fsp3) is 0.650. The Kier molecular flexibility index (Phi) is 4.15. The molecular formula is C20H27NO3. The van der Waals surface area contributed by atoms with E-state index in [-0.39, 0.29) is 12.0 Å². The lowest BCUT2D eigenvalue weighted by Crippen LogP contribution is -2.37. The molecule has 2 aliphatic carbocycles. The van der Waals surface area contributed by atoms with Gasteiger partial charge in [-0.3, -0.25) is 4.79 Å². The monoisotopic (exact) mass is 329 g/mol. The summed E-state index contributed by atoms with van der Waals surface area (Å²) in [4.78, 5) is 15.3. The second-order valence-electron chi connectivity index (χ2n) is 7.58.